The molecule has 2 aromatic rings. The highest BCUT2D eigenvalue weighted by Gasteiger charge is 2.61. The monoisotopic (exact) mass is 380 g/mol. The van der Waals surface area contributed by atoms with Crippen LogP contribution in [-0.4, -0.2) is 34.0 Å². The van der Waals surface area contributed by atoms with Gasteiger partial charge in [-0.15, -0.1) is 0 Å². The molecule has 7 heteroatoms. The number of carbonyl (C=O) groups is 3. The molecule has 2 heterocycles. The number of carboxylic acid groups (broad SMARTS) is 1. The zero-order valence-electron chi connectivity index (χ0n) is 15.4. The smallest absolute Gasteiger partial charge is 0.321 e. The van der Waals surface area contributed by atoms with Gasteiger partial charge in [0, 0.05) is 11.6 Å². The minimum Gasteiger partial charge on any atom is -0.508 e. The van der Waals surface area contributed by atoms with E-state index in [4.69, 9.17) is 0 Å². The summed E-state index contributed by atoms with van der Waals surface area (Å²) in [7, 11) is 0. The summed E-state index contributed by atoms with van der Waals surface area (Å²) in [6.07, 6.45) is 0. The Morgan fingerprint density at radius 2 is 1.61 bits per heavy atom. The van der Waals surface area contributed by atoms with Crippen molar-refractivity contribution in [3.8, 4) is 5.75 Å². The fourth-order valence-corrected chi connectivity index (χ4v) is 4.41. The molecule has 4 atom stereocenters. The third kappa shape index (κ3) is 2.66. The minimum atomic E-state index is -1.21. The van der Waals surface area contributed by atoms with Gasteiger partial charge in [-0.3, -0.25) is 19.7 Å². The Morgan fingerprint density at radius 1 is 1.00 bits per heavy atom. The lowest BCUT2D eigenvalue weighted by molar-refractivity contribution is -0.142. The molecule has 4 rings (SSSR count). The highest BCUT2D eigenvalue weighted by Crippen LogP contribution is 2.47. The first-order valence-corrected chi connectivity index (χ1v) is 9.02. The largest absolute Gasteiger partial charge is 0.508 e. The van der Waals surface area contributed by atoms with Gasteiger partial charge in [-0.25, -0.2) is 4.90 Å². The van der Waals surface area contributed by atoms with Crippen molar-refractivity contribution in [2.24, 2.45) is 11.8 Å². The van der Waals surface area contributed by atoms with Gasteiger partial charge in [-0.2, -0.15) is 0 Å². The van der Waals surface area contributed by atoms with Crippen LogP contribution >= 0.6 is 0 Å². The maximum Gasteiger partial charge on any atom is 0.321 e. The van der Waals surface area contributed by atoms with Crippen LogP contribution in [0.15, 0.2) is 42.5 Å². The number of fused-ring (bicyclic) bond motifs is 1. The average Bonchev–Trinajstić information content (AvgIpc) is 3.12. The Balaban J connectivity index is 1.81. The van der Waals surface area contributed by atoms with Crippen molar-refractivity contribution in [3.05, 3.63) is 59.2 Å². The van der Waals surface area contributed by atoms with Gasteiger partial charge in [0.1, 0.15) is 11.8 Å². The second-order valence-corrected chi connectivity index (χ2v) is 7.43. The molecule has 0 aliphatic carbocycles. The molecule has 0 spiro atoms. The summed E-state index contributed by atoms with van der Waals surface area (Å²) in [5.74, 6) is -4.16. The predicted octanol–water partition coefficient (Wildman–Crippen LogP) is 1.91. The van der Waals surface area contributed by atoms with Crippen LogP contribution in [0.1, 0.15) is 22.7 Å². The van der Waals surface area contributed by atoms with Gasteiger partial charge in [-0.1, -0.05) is 24.3 Å². The lowest BCUT2D eigenvalue weighted by Crippen LogP contribution is -2.43. The van der Waals surface area contributed by atoms with Crippen LogP contribution in [0.4, 0.5) is 5.69 Å². The number of carbonyl (C=O) groups excluding carboxylic acids is 2. The number of nitrogens with zero attached hydrogens (tertiary/aromatic N) is 1. The Morgan fingerprint density at radius 3 is 2.21 bits per heavy atom. The molecule has 28 heavy (non-hydrogen) atoms. The number of imide groups is 1. The van der Waals surface area contributed by atoms with Crippen LogP contribution in [0.3, 0.4) is 0 Å². The lowest BCUT2D eigenvalue weighted by atomic mass is 9.86. The Hall–Kier alpha value is -3.19. The fraction of sp³-hybridized carbons (Fsp3) is 0.286. The summed E-state index contributed by atoms with van der Waals surface area (Å²) in [4.78, 5) is 39.3. The molecule has 2 saturated heterocycles. The summed E-state index contributed by atoms with van der Waals surface area (Å²) in [5.41, 5.74) is 2.65. The highest BCUT2D eigenvalue weighted by molar-refractivity contribution is 6.23. The van der Waals surface area contributed by atoms with E-state index in [2.05, 4.69) is 5.32 Å². The third-order valence-corrected chi connectivity index (χ3v) is 5.48. The van der Waals surface area contributed by atoms with Crippen molar-refractivity contribution in [1.82, 2.24) is 5.32 Å². The Labute approximate surface area is 161 Å². The number of phenols is 1. The minimum absolute atomic E-state index is 0.0464. The summed E-state index contributed by atoms with van der Waals surface area (Å²) in [6.45, 7) is 3.74. The molecule has 2 aromatic carbocycles. The van der Waals surface area contributed by atoms with Crippen LogP contribution < -0.4 is 10.2 Å². The average molecular weight is 380 g/mol. The summed E-state index contributed by atoms with van der Waals surface area (Å²) in [5, 5.41) is 22.7. The SMILES string of the molecule is Cc1cc(C)cc(N2C(=O)[C@H]3[C@H](C2=O)[C@H](C(=O)O)N[C@@H]3c2ccccc2O)c1. The molecule has 144 valence electrons. The number of hydrogen-bond acceptors (Lipinski definition) is 5. The number of aliphatic carboxylic acids is 1. The predicted molar refractivity (Wildman–Crippen MR) is 101 cm³/mol. The van der Waals surface area contributed by atoms with Crippen LogP contribution in [0, 0.1) is 25.7 Å². The number of benzene rings is 2. The van der Waals surface area contributed by atoms with E-state index < -0.39 is 41.7 Å². The van der Waals surface area contributed by atoms with E-state index >= 15 is 0 Å². The van der Waals surface area contributed by atoms with E-state index in [1.807, 2.05) is 19.9 Å². The van der Waals surface area contributed by atoms with Crippen LogP contribution in [0.25, 0.3) is 0 Å². The number of para-hydroxylation sites is 1. The normalized spacial score (nSPS) is 26.6. The second kappa shape index (κ2) is 6.45. The number of aromatic hydroxyl groups is 1. The first-order valence-electron chi connectivity index (χ1n) is 9.02. The Kier molecular flexibility index (Phi) is 4.19. The van der Waals surface area contributed by atoms with Crippen molar-refractivity contribution in [2.75, 3.05) is 4.90 Å². The number of nitrogens with one attached hydrogen (secondary N) is 1. The molecule has 0 aromatic heterocycles. The molecule has 7 nitrogen and oxygen atoms in total. The number of anilines is 1. The van der Waals surface area contributed by atoms with Gasteiger partial charge in [0.25, 0.3) is 0 Å². The lowest BCUT2D eigenvalue weighted by Gasteiger charge is -2.22. The van der Waals surface area contributed by atoms with Crippen molar-refractivity contribution < 1.29 is 24.6 Å². The van der Waals surface area contributed by atoms with Gasteiger partial charge in [0.15, 0.2) is 0 Å². The summed E-state index contributed by atoms with van der Waals surface area (Å²) in [6, 6.07) is 9.88. The Bertz CT molecular complexity index is 982. The van der Waals surface area contributed by atoms with Crippen molar-refractivity contribution in [1.29, 1.82) is 0 Å². The molecular formula is C21H20N2O5. The quantitative estimate of drug-likeness (QED) is 0.703. The van der Waals surface area contributed by atoms with E-state index in [-0.39, 0.29) is 5.75 Å². The maximum atomic E-state index is 13.3. The highest BCUT2D eigenvalue weighted by atomic mass is 16.4. The number of rotatable bonds is 3. The number of amides is 2. The molecule has 0 unspecified atom stereocenters. The number of carboxylic acids is 1. The number of hydrogen-bond donors (Lipinski definition) is 3. The standard InChI is InChI=1S/C21H20N2O5/c1-10-7-11(2)9-12(8-10)23-19(25)15-16(20(23)26)18(21(27)28)22-17(15)13-5-3-4-6-14(13)24/h3-9,15-18,22,24H,1-2H3,(H,27,28)/t15-,16-,17+,18+/m0/s1. The summed E-state index contributed by atoms with van der Waals surface area (Å²) >= 11 is 0. The van der Waals surface area contributed by atoms with E-state index in [9.17, 15) is 24.6 Å². The van der Waals surface area contributed by atoms with E-state index in [0.717, 1.165) is 16.0 Å². The van der Waals surface area contributed by atoms with Crippen LogP contribution in [0.5, 0.6) is 5.75 Å². The first-order chi connectivity index (χ1) is 13.3. The molecule has 3 N–H and O–H groups in total. The molecule has 0 saturated carbocycles. The van der Waals surface area contributed by atoms with Gasteiger partial charge in [0.05, 0.1) is 17.5 Å². The van der Waals surface area contributed by atoms with Gasteiger partial charge >= 0.3 is 5.97 Å². The molecule has 2 aliphatic heterocycles. The molecule has 2 aliphatic rings. The van der Waals surface area contributed by atoms with Gasteiger partial charge < -0.3 is 10.2 Å². The van der Waals surface area contributed by atoms with Crippen LogP contribution in [0.2, 0.25) is 0 Å². The zero-order chi connectivity index (χ0) is 20.2. The van der Waals surface area contributed by atoms with Crippen molar-refractivity contribution >= 4 is 23.5 Å². The first kappa shape index (κ1) is 18.2. The van der Waals surface area contributed by atoms with Crippen molar-refractivity contribution in [2.45, 2.75) is 25.9 Å². The zero-order valence-corrected chi connectivity index (χ0v) is 15.4. The van der Waals surface area contributed by atoms with Crippen molar-refractivity contribution in [3.63, 3.8) is 0 Å². The topological polar surface area (TPSA) is 107 Å². The van der Waals surface area contributed by atoms with E-state index in [0.29, 0.717) is 11.3 Å². The second-order valence-electron chi connectivity index (χ2n) is 7.43. The van der Waals surface area contributed by atoms with Gasteiger partial charge in [-0.05, 0) is 43.2 Å². The maximum absolute atomic E-state index is 13.3. The molecule has 2 fully saturated rings. The molecule has 0 radical (unpaired) electrons. The van der Waals surface area contributed by atoms with E-state index in [1.165, 1.54) is 6.07 Å². The molecular weight excluding hydrogens is 360 g/mol. The number of phenolic OH excluding ortho intramolecular Hbond substituents is 1. The fourth-order valence-electron chi connectivity index (χ4n) is 4.41. The summed E-state index contributed by atoms with van der Waals surface area (Å²) < 4.78 is 0. The van der Waals surface area contributed by atoms with E-state index in [1.54, 1.807) is 30.3 Å². The number of aryl methyl sites for hydroxylation is 2. The van der Waals surface area contributed by atoms with Crippen LogP contribution in [-0.2, 0) is 14.4 Å². The molecule has 2 amide bonds. The van der Waals surface area contributed by atoms with Gasteiger partial charge in [0.2, 0.25) is 11.8 Å². The third-order valence-electron chi connectivity index (χ3n) is 5.48. The molecule has 0 bridgehead atoms.